The third-order valence-electron chi connectivity index (χ3n) is 3.90. The summed E-state index contributed by atoms with van der Waals surface area (Å²) in [5.41, 5.74) is 8.24. The maximum atomic E-state index is 6.09. The third-order valence-corrected chi connectivity index (χ3v) is 3.90. The zero-order chi connectivity index (χ0) is 19.9. The largest absolute Gasteiger partial charge is 0.492 e. The Morgan fingerprint density at radius 3 is 2.64 bits per heavy atom. The second-order valence-electron chi connectivity index (χ2n) is 5.82. The van der Waals surface area contributed by atoms with Crippen LogP contribution in [0.15, 0.2) is 79.9 Å². The first-order chi connectivity index (χ1) is 13.6. The Bertz CT molecular complexity index is 1030. The molecule has 0 aliphatic rings. The molecule has 28 heavy (non-hydrogen) atoms. The molecule has 0 unspecified atom stereocenters. The van der Waals surface area contributed by atoms with Gasteiger partial charge in [-0.3, -0.25) is 0 Å². The van der Waals surface area contributed by atoms with Crippen molar-refractivity contribution in [2.24, 2.45) is 0 Å². The highest BCUT2D eigenvalue weighted by Crippen LogP contribution is 2.31. The summed E-state index contributed by atoms with van der Waals surface area (Å²) in [6, 6.07) is 11.1. The van der Waals surface area contributed by atoms with Crippen LogP contribution < -0.4 is 20.5 Å². The van der Waals surface area contributed by atoms with Crippen LogP contribution in [0.3, 0.4) is 0 Å². The van der Waals surface area contributed by atoms with Crippen molar-refractivity contribution in [2.75, 3.05) is 17.7 Å². The van der Waals surface area contributed by atoms with E-state index >= 15 is 0 Å². The molecule has 0 aliphatic carbocycles. The maximum Gasteiger partial charge on any atom is 0.144 e. The third kappa shape index (κ3) is 4.29. The first kappa shape index (κ1) is 19.0. The molecule has 1 heterocycles. The van der Waals surface area contributed by atoms with E-state index in [-0.39, 0.29) is 0 Å². The number of benzene rings is 2. The first-order valence-electron chi connectivity index (χ1n) is 8.81. The standard InChI is InChI=1S/C22H22N4O2/c1-4-7-16(5-2)28-17-10-8-15(9-11-17)26-22-18-12-19(23)21(27-6-3)13-20(18)24-14-25-22/h4-5,7-14H,1-2,6,23H2,3H3,(H,24,25,26)/b16-7+. The second kappa shape index (κ2) is 8.73. The van der Waals surface area contributed by atoms with Gasteiger partial charge in [-0.2, -0.15) is 0 Å². The Morgan fingerprint density at radius 2 is 1.96 bits per heavy atom. The number of nitrogens with one attached hydrogen (secondary N) is 1. The van der Waals surface area contributed by atoms with Gasteiger partial charge in [0.05, 0.1) is 17.8 Å². The Hall–Kier alpha value is -3.80. The SMILES string of the molecule is C=C/C=C(\C=C)Oc1ccc(Nc2ncnc3cc(OCC)c(N)cc23)cc1. The van der Waals surface area contributed by atoms with Gasteiger partial charge in [0.25, 0.3) is 0 Å². The van der Waals surface area contributed by atoms with Crippen molar-refractivity contribution in [1.82, 2.24) is 9.97 Å². The Labute approximate surface area is 164 Å². The van der Waals surface area contributed by atoms with E-state index in [1.165, 1.54) is 6.33 Å². The van der Waals surface area contributed by atoms with E-state index in [2.05, 4.69) is 28.4 Å². The number of nitrogen functional groups attached to an aromatic ring is 1. The van der Waals surface area contributed by atoms with Crippen molar-refractivity contribution in [1.29, 1.82) is 0 Å². The summed E-state index contributed by atoms with van der Waals surface area (Å²) in [6.45, 7) is 9.82. The summed E-state index contributed by atoms with van der Waals surface area (Å²) in [6.07, 6.45) is 6.52. The fourth-order valence-corrected chi connectivity index (χ4v) is 2.62. The lowest BCUT2D eigenvalue weighted by Gasteiger charge is -2.12. The van der Waals surface area contributed by atoms with Crippen LogP contribution in [-0.2, 0) is 0 Å². The van der Waals surface area contributed by atoms with Crippen LogP contribution in [0.1, 0.15) is 6.92 Å². The first-order valence-corrected chi connectivity index (χ1v) is 8.81. The van der Waals surface area contributed by atoms with E-state index in [1.54, 1.807) is 18.2 Å². The molecule has 6 heteroatoms. The molecule has 0 spiro atoms. The number of hydrogen-bond acceptors (Lipinski definition) is 6. The minimum absolute atomic E-state index is 0.538. The summed E-state index contributed by atoms with van der Waals surface area (Å²) >= 11 is 0. The van der Waals surface area contributed by atoms with Crippen molar-refractivity contribution in [3.8, 4) is 11.5 Å². The molecule has 2 aromatic carbocycles. The summed E-state index contributed by atoms with van der Waals surface area (Å²) in [5, 5.41) is 4.10. The highest BCUT2D eigenvalue weighted by Gasteiger charge is 2.09. The number of rotatable bonds is 8. The van der Waals surface area contributed by atoms with Crippen LogP contribution in [0.2, 0.25) is 0 Å². The average Bonchev–Trinajstić information content (AvgIpc) is 2.70. The Kier molecular flexibility index (Phi) is 5.91. The predicted octanol–water partition coefficient (Wildman–Crippen LogP) is 4.99. The quantitative estimate of drug-likeness (QED) is 0.328. The minimum Gasteiger partial charge on any atom is -0.492 e. The van der Waals surface area contributed by atoms with Gasteiger partial charge in [-0.05, 0) is 49.4 Å². The van der Waals surface area contributed by atoms with Crippen LogP contribution in [0.5, 0.6) is 11.5 Å². The molecule has 0 saturated heterocycles. The molecular weight excluding hydrogens is 352 g/mol. The lowest BCUT2D eigenvalue weighted by atomic mass is 10.2. The molecule has 142 valence electrons. The molecule has 0 saturated carbocycles. The highest BCUT2D eigenvalue weighted by molar-refractivity contribution is 5.94. The lowest BCUT2D eigenvalue weighted by Crippen LogP contribution is -2.00. The molecule has 6 nitrogen and oxygen atoms in total. The minimum atomic E-state index is 0.538. The maximum absolute atomic E-state index is 6.09. The van der Waals surface area contributed by atoms with Crippen molar-refractivity contribution in [3.63, 3.8) is 0 Å². The highest BCUT2D eigenvalue weighted by atomic mass is 16.5. The molecule has 1 aromatic heterocycles. The van der Waals surface area contributed by atoms with Gasteiger partial charge in [-0.1, -0.05) is 19.2 Å². The van der Waals surface area contributed by atoms with Gasteiger partial charge in [0, 0.05) is 17.1 Å². The van der Waals surface area contributed by atoms with E-state index in [0.717, 1.165) is 16.6 Å². The number of nitrogens with two attached hydrogens (primary N) is 1. The van der Waals surface area contributed by atoms with Crippen molar-refractivity contribution < 1.29 is 9.47 Å². The van der Waals surface area contributed by atoms with Crippen molar-refractivity contribution in [2.45, 2.75) is 6.92 Å². The molecule has 0 atom stereocenters. The second-order valence-corrected chi connectivity index (χ2v) is 5.82. The van der Waals surface area contributed by atoms with Crippen LogP contribution in [0.4, 0.5) is 17.2 Å². The van der Waals surface area contributed by atoms with Gasteiger partial charge < -0.3 is 20.5 Å². The topological polar surface area (TPSA) is 82.3 Å². The van der Waals surface area contributed by atoms with Gasteiger partial charge >= 0.3 is 0 Å². The number of hydrogen-bond donors (Lipinski definition) is 2. The van der Waals surface area contributed by atoms with E-state index in [4.69, 9.17) is 15.2 Å². The molecule has 0 fully saturated rings. The number of nitrogens with zero attached hydrogens (tertiary/aromatic N) is 2. The Morgan fingerprint density at radius 1 is 1.18 bits per heavy atom. The summed E-state index contributed by atoms with van der Waals surface area (Å²) in [4.78, 5) is 8.65. The molecule has 0 bridgehead atoms. The fourth-order valence-electron chi connectivity index (χ4n) is 2.62. The van der Waals surface area contributed by atoms with Gasteiger partial charge in [0.2, 0.25) is 0 Å². The lowest BCUT2D eigenvalue weighted by molar-refractivity contribution is 0.342. The summed E-state index contributed by atoms with van der Waals surface area (Å²) in [7, 11) is 0. The average molecular weight is 374 g/mol. The van der Waals surface area contributed by atoms with Gasteiger partial charge in [0.15, 0.2) is 0 Å². The number of fused-ring (bicyclic) bond motifs is 1. The number of ether oxygens (including phenoxy) is 2. The smallest absolute Gasteiger partial charge is 0.144 e. The molecule has 0 radical (unpaired) electrons. The van der Waals surface area contributed by atoms with Crippen LogP contribution in [0, 0.1) is 0 Å². The van der Waals surface area contributed by atoms with Crippen LogP contribution in [0.25, 0.3) is 10.9 Å². The predicted molar refractivity (Wildman–Crippen MR) is 114 cm³/mol. The molecule has 0 aliphatic heterocycles. The summed E-state index contributed by atoms with van der Waals surface area (Å²) in [5.74, 6) is 2.59. The van der Waals surface area contributed by atoms with E-state index in [9.17, 15) is 0 Å². The van der Waals surface area contributed by atoms with Crippen LogP contribution >= 0.6 is 0 Å². The zero-order valence-corrected chi connectivity index (χ0v) is 15.7. The van der Waals surface area contributed by atoms with Crippen molar-refractivity contribution in [3.05, 3.63) is 79.9 Å². The van der Waals surface area contributed by atoms with E-state index < -0.39 is 0 Å². The summed E-state index contributed by atoms with van der Waals surface area (Å²) < 4.78 is 11.3. The van der Waals surface area contributed by atoms with Crippen LogP contribution in [-0.4, -0.2) is 16.6 Å². The van der Waals surface area contributed by atoms with Gasteiger partial charge in [0.1, 0.15) is 29.4 Å². The number of aromatic nitrogens is 2. The zero-order valence-electron chi connectivity index (χ0n) is 15.7. The van der Waals surface area contributed by atoms with Crippen molar-refractivity contribution >= 4 is 28.1 Å². The fraction of sp³-hybridized carbons (Fsp3) is 0.0909. The van der Waals surface area contributed by atoms with Gasteiger partial charge in [-0.25, -0.2) is 9.97 Å². The van der Waals surface area contributed by atoms with Gasteiger partial charge in [-0.15, -0.1) is 0 Å². The molecule has 3 N–H and O–H groups in total. The van der Waals surface area contributed by atoms with E-state index in [1.807, 2.05) is 43.3 Å². The number of anilines is 3. The molecule has 3 rings (SSSR count). The molecular formula is C22H22N4O2. The molecule has 3 aromatic rings. The molecule has 0 amide bonds. The Balaban J connectivity index is 1.84. The number of allylic oxidation sites excluding steroid dienone is 3. The monoisotopic (exact) mass is 374 g/mol. The normalized spacial score (nSPS) is 11.1. The van der Waals surface area contributed by atoms with E-state index in [0.29, 0.717) is 35.4 Å².